The van der Waals surface area contributed by atoms with Crippen LogP contribution in [0, 0.1) is 0 Å². The SMILES string of the molecule is CC(C)(C)[Si](NC/C=C/c1ccccc1)(c1ccccc1)c1ccccc1. The van der Waals surface area contributed by atoms with Gasteiger partial charge in [0.25, 0.3) is 0 Å². The molecular formula is C25H29NSi. The Morgan fingerprint density at radius 3 is 1.59 bits per heavy atom. The van der Waals surface area contributed by atoms with Crippen molar-refractivity contribution in [3.8, 4) is 0 Å². The first-order chi connectivity index (χ1) is 13.0. The van der Waals surface area contributed by atoms with Gasteiger partial charge >= 0.3 is 0 Å². The number of nitrogens with one attached hydrogen (secondary N) is 1. The molecule has 0 saturated carbocycles. The zero-order valence-electron chi connectivity index (χ0n) is 16.5. The molecule has 138 valence electrons. The average molecular weight is 372 g/mol. The minimum atomic E-state index is -2.19. The third-order valence-electron chi connectivity index (χ3n) is 5.13. The van der Waals surface area contributed by atoms with Crippen molar-refractivity contribution in [1.29, 1.82) is 0 Å². The van der Waals surface area contributed by atoms with Crippen LogP contribution in [0.15, 0.2) is 97.1 Å². The highest BCUT2D eigenvalue weighted by molar-refractivity contribution is 7.02. The van der Waals surface area contributed by atoms with Crippen molar-refractivity contribution in [2.45, 2.75) is 25.8 Å². The summed E-state index contributed by atoms with van der Waals surface area (Å²) in [7, 11) is -2.19. The monoisotopic (exact) mass is 371 g/mol. The van der Waals surface area contributed by atoms with Crippen molar-refractivity contribution in [3.05, 3.63) is 103 Å². The first kappa shape index (κ1) is 19.3. The molecule has 0 aliphatic rings. The van der Waals surface area contributed by atoms with Gasteiger partial charge in [0, 0.05) is 6.54 Å². The predicted molar refractivity (Wildman–Crippen MR) is 121 cm³/mol. The van der Waals surface area contributed by atoms with Crippen molar-refractivity contribution in [1.82, 2.24) is 4.98 Å². The Balaban J connectivity index is 1.98. The third kappa shape index (κ3) is 4.29. The fourth-order valence-corrected chi connectivity index (χ4v) is 8.66. The maximum atomic E-state index is 4.03. The number of hydrogen-bond donors (Lipinski definition) is 1. The van der Waals surface area contributed by atoms with Gasteiger partial charge in [0.15, 0.2) is 8.24 Å². The fraction of sp³-hybridized carbons (Fsp3) is 0.200. The van der Waals surface area contributed by atoms with Gasteiger partial charge in [-0.3, -0.25) is 0 Å². The lowest BCUT2D eigenvalue weighted by molar-refractivity contribution is 0.708. The van der Waals surface area contributed by atoms with Crippen molar-refractivity contribution in [3.63, 3.8) is 0 Å². The largest absolute Gasteiger partial charge is 0.326 e. The lowest BCUT2D eigenvalue weighted by atomic mass is 10.2. The zero-order chi connectivity index (χ0) is 19.2. The maximum absolute atomic E-state index is 4.03. The summed E-state index contributed by atoms with van der Waals surface area (Å²) in [5, 5.41) is 2.98. The quantitative estimate of drug-likeness (QED) is 0.611. The molecule has 3 aromatic rings. The maximum Gasteiger partial charge on any atom is 0.195 e. The normalized spacial score (nSPS) is 12.4. The Morgan fingerprint density at radius 2 is 1.15 bits per heavy atom. The van der Waals surface area contributed by atoms with Crippen LogP contribution in [0.4, 0.5) is 0 Å². The van der Waals surface area contributed by atoms with Crippen LogP contribution in [-0.2, 0) is 0 Å². The van der Waals surface area contributed by atoms with Crippen molar-refractivity contribution >= 4 is 24.7 Å². The molecule has 0 amide bonds. The molecule has 3 aromatic carbocycles. The second kappa shape index (κ2) is 8.51. The molecule has 0 aliphatic heterocycles. The molecule has 27 heavy (non-hydrogen) atoms. The van der Waals surface area contributed by atoms with Crippen molar-refractivity contribution < 1.29 is 0 Å². The van der Waals surface area contributed by atoms with E-state index in [-0.39, 0.29) is 5.04 Å². The molecule has 0 saturated heterocycles. The van der Waals surface area contributed by atoms with E-state index in [1.54, 1.807) is 0 Å². The first-order valence-electron chi connectivity index (χ1n) is 9.62. The zero-order valence-corrected chi connectivity index (χ0v) is 17.5. The van der Waals surface area contributed by atoms with Gasteiger partial charge in [0.1, 0.15) is 0 Å². The molecular weight excluding hydrogens is 342 g/mol. The topological polar surface area (TPSA) is 12.0 Å². The Bertz CT molecular complexity index is 810. The van der Waals surface area contributed by atoms with Gasteiger partial charge in [-0.05, 0) is 21.0 Å². The van der Waals surface area contributed by atoms with Crippen LogP contribution >= 0.6 is 0 Å². The molecule has 0 spiro atoms. The first-order valence-corrected chi connectivity index (χ1v) is 11.6. The van der Waals surface area contributed by atoms with Crippen molar-refractivity contribution in [2.24, 2.45) is 0 Å². The van der Waals surface area contributed by atoms with Crippen LogP contribution in [-0.4, -0.2) is 14.8 Å². The van der Waals surface area contributed by atoms with Crippen LogP contribution in [0.3, 0.4) is 0 Å². The Hall–Kier alpha value is -2.42. The van der Waals surface area contributed by atoms with E-state index < -0.39 is 8.24 Å². The number of rotatable bonds is 6. The summed E-state index contributed by atoms with van der Waals surface area (Å²) in [4.78, 5) is 4.03. The molecule has 1 nitrogen and oxygen atoms in total. The van der Waals surface area contributed by atoms with Crippen LogP contribution in [0.5, 0.6) is 0 Å². The Kier molecular flexibility index (Phi) is 6.10. The lowest BCUT2D eigenvalue weighted by Gasteiger charge is -2.44. The second-order valence-electron chi connectivity index (χ2n) is 7.93. The highest BCUT2D eigenvalue weighted by Crippen LogP contribution is 2.33. The standard InChI is InChI=1S/C25H29NSi/c1-25(2,3)27(23-17-9-5-10-18-23,24-19-11-6-12-20-24)26-21-13-16-22-14-7-4-8-15-22/h4-20,26H,21H2,1-3H3/b16-13+. The van der Waals surface area contributed by atoms with E-state index in [4.69, 9.17) is 0 Å². The minimum absolute atomic E-state index is 0.121. The Labute approximate surface area is 164 Å². The van der Waals surface area contributed by atoms with Gasteiger partial charge in [0.2, 0.25) is 0 Å². The molecule has 0 aliphatic carbocycles. The summed E-state index contributed by atoms with van der Waals surface area (Å²) in [6.07, 6.45) is 4.44. The molecule has 0 unspecified atom stereocenters. The molecule has 3 rings (SSSR count). The predicted octanol–water partition coefficient (Wildman–Crippen LogP) is 4.85. The van der Waals surface area contributed by atoms with E-state index in [1.165, 1.54) is 15.9 Å². The smallest absolute Gasteiger partial charge is 0.195 e. The molecule has 2 heteroatoms. The highest BCUT2D eigenvalue weighted by Gasteiger charge is 2.47. The molecule has 0 fully saturated rings. The van der Waals surface area contributed by atoms with Gasteiger partial charge < -0.3 is 4.98 Å². The van der Waals surface area contributed by atoms with E-state index in [9.17, 15) is 0 Å². The van der Waals surface area contributed by atoms with Gasteiger partial charge in [-0.15, -0.1) is 0 Å². The second-order valence-corrected chi connectivity index (χ2v) is 12.4. The molecule has 0 radical (unpaired) electrons. The van der Waals surface area contributed by atoms with Gasteiger partial charge in [-0.2, -0.15) is 0 Å². The Morgan fingerprint density at radius 1 is 0.704 bits per heavy atom. The molecule has 0 aromatic heterocycles. The summed E-state index contributed by atoms with van der Waals surface area (Å²) in [5.41, 5.74) is 1.24. The highest BCUT2D eigenvalue weighted by atomic mass is 28.3. The average Bonchev–Trinajstić information content (AvgIpc) is 2.69. The van der Waals surface area contributed by atoms with Gasteiger partial charge in [-0.25, -0.2) is 0 Å². The van der Waals surface area contributed by atoms with Crippen LogP contribution in [0.2, 0.25) is 5.04 Å². The fourth-order valence-electron chi connectivity index (χ4n) is 3.85. The summed E-state index contributed by atoms with van der Waals surface area (Å²) in [6, 6.07) is 32.5. The number of hydrogen-bond acceptors (Lipinski definition) is 1. The van der Waals surface area contributed by atoms with E-state index in [0.29, 0.717) is 0 Å². The third-order valence-corrected chi connectivity index (χ3v) is 10.5. The summed E-state index contributed by atoms with van der Waals surface area (Å²) in [6.45, 7) is 7.95. The summed E-state index contributed by atoms with van der Waals surface area (Å²) < 4.78 is 0. The van der Waals surface area contributed by atoms with Gasteiger partial charge in [0.05, 0.1) is 0 Å². The van der Waals surface area contributed by atoms with E-state index in [2.05, 4.69) is 129 Å². The van der Waals surface area contributed by atoms with Crippen molar-refractivity contribution in [2.75, 3.05) is 6.54 Å². The number of benzene rings is 3. The van der Waals surface area contributed by atoms with E-state index >= 15 is 0 Å². The van der Waals surface area contributed by atoms with E-state index in [0.717, 1.165) is 6.54 Å². The van der Waals surface area contributed by atoms with Crippen LogP contribution < -0.4 is 15.4 Å². The lowest BCUT2D eigenvalue weighted by Crippen LogP contribution is -2.73. The summed E-state index contributed by atoms with van der Waals surface area (Å²) >= 11 is 0. The summed E-state index contributed by atoms with van der Waals surface area (Å²) in [5.74, 6) is 0. The molecule has 0 atom stereocenters. The molecule has 1 N–H and O–H groups in total. The van der Waals surface area contributed by atoms with Gasteiger partial charge in [-0.1, -0.05) is 124 Å². The van der Waals surface area contributed by atoms with E-state index in [1.807, 2.05) is 0 Å². The minimum Gasteiger partial charge on any atom is -0.326 e. The molecule has 0 heterocycles. The van der Waals surface area contributed by atoms with Crippen LogP contribution in [0.1, 0.15) is 26.3 Å². The van der Waals surface area contributed by atoms with Crippen LogP contribution in [0.25, 0.3) is 6.08 Å². The molecule has 0 bridgehead atoms.